The van der Waals surface area contributed by atoms with Crippen LogP contribution in [0.1, 0.15) is 27.2 Å². The molecule has 1 N–H and O–H groups in total. The summed E-state index contributed by atoms with van der Waals surface area (Å²) in [4.78, 5) is 16.5. The van der Waals surface area contributed by atoms with Gasteiger partial charge in [-0.25, -0.2) is 9.87 Å². The summed E-state index contributed by atoms with van der Waals surface area (Å²) in [7, 11) is 0. The van der Waals surface area contributed by atoms with E-state index in [9.17, 15) is 9.18 Å². The molecule has 100 valence electrons. The normalized spacial score (nSPS) is 11.1. The highest BCUT2D eigenvalue weighted by Crippen LogP contribution is 2.12. The van der Waals surface area contributed by atoms with Gasteiger partial charge in [0.15, 0.2) is 0 Å². The first kappa shape index (κ1) is 14.4. The number of hydrogen-bond acceptors (Lipinski definition) is 3. The molecule has 0 aliphatic heterocycles. The topological polar surface area (TPSA) is 47.6 Å². The number of carbonyl (C=O) groups is 1. The van der Waals surface area contributed by atoms with Crippen LogP contribution in [0.5, 0.6) is 5.75 Å². The van der Waals surface area contributed by atoms with Crippen LogP contribution in [-0.4, -0.2) is 18.1 Å². The number of halogens is 1. The fraction of sp³-hybridized carbons (Fsp3) is 0.462. The number of benzene rings is 1. The van der Waals surface area contributed by atoms with Crippen molar-refractivity contribution in [2.45, 2.75) is 32.8 Å². The van der Waals surface area contributed by atoms with Crippen LogP contribution in [-0.2, 0) is 9.63 Å². The molecule has 0 atom stereocenters. The Kier molecular flexibility index (Phi) is 5.09. The molecular weight excluding hydrogens is 237 g/mol. The number of amides is 1. The minimum absolute atomic E-state index is 0.145. The summed E-state index contributed by atoms with van der Waals surface area (Å²) in [6, 6.07) is 5.78. The van der Waals surface area contributed by atoms with Crippen LogP contribution in [0.4, 0.5) is 4.39 Å². The third-order valence-electron chi connectivity index (χ3n) is 1.86. The third-order valence-corrected chi connectivity index (χ3v) is 1.86. The molecule has 0 saturated heterocycles. The van der Waals surface area contributed by atoms with E-state index in [-0.39, 0.29) is 24.8 Å². The quantitative estimate of drug-likeness (QED) is 0.822. The Morgan fingerprint density at radius 1 is 1.39 bits per heavy atom. The van der Waals surface area contributed by atoms with Gasteiger partial charge in [0.25, 0.3) is 0 Å². The smallest absolute Gasteiger partial charge is 0.246 e. The summed E-state index contributed by atoms with van der Waals surface area (Å²) in [5.41, 5.74) is 1.90. The average Bonchev–Trinajstić information content (AvgIpc) is 2.25. The Balaban J connectivity index is 2.23. The second-order valence-electron chi connectivity index (χ2n) is 4.80. The van der Waals surface area contributed by atoms with Gasteiger partial charge in [-0.05, 0) is 32.9 Å². The van der Waals surface area contributed by atoms with Crippen molar-refractivity contribution in [3.8, 4) is 5.75 Å². The van der Waals surface area contributed by atoms with Gasteiger partial charge in [-0.3, -0.25) is 9.63 Å². The van der Waals surface area contributed by atoms with Gasteiger partial charge in [-0.2, -0.15) is 0 Å². The van der Waals surface area contributed by atoms with E-state index in [1.807, 2.05) is 20.8 Å². The van der Waals surface area contributed by atoms with E-state index in [1.165, 1.54) is 12.1 Å². The Bertz CT molecular complexity index is 401. The second kappa shape index (κ2) is 6.35. The molecule has 0 bridgehead atoms. The monoisotopic (exact) mass is 255 g/mol. The minimum Gasteiger partial charge on any atom is -0.493 e. The average molecular weight is 255 g/mol. The number of hydroxylamine groups is 1. The molecule has 0 unspecified atom stereocenters. The van der Waals surface area contributed by atoms with E-state index in [4.69, 9.17) is 9.57 Å². The van der Waals surface area contributed by atoms with Crippen molar-refractivity contribution in [3.05, 3.63) is 30.1 Å². The van der Waals surface area contributed by atoms with Gasteiger partial charge in [0.05, 0.1) is 18.6 Å². The van der Waals surface area contributed by atoms with Gasteiger partial charge in [-0.1, -0.05) is 6.07 Å². The van der Waals surface area contributed by atoms with E-state index in [0.717, 1.165) is 0 Å². The molecule has 18 heavy (non-hydrogen) atoms. The number of nitrogens with one attached hydrogen (secondary N) is 1. The number of ether oxygens (including phenoxy) is 1. The van der Waals surface area contributed by atoms with E-state index < -0.39 is 5.60 Å². The van der Waals surface area contributed by atoms with Crippen LogP contribution in [0.25, 0.3) is 0 Å². The Morgan fingerprint density at radius 2 is 2.11 bits per heavy atom. The molecule has 1 aromatic rings. The van der Waals surface area contributed by atoms with Gasteiger partial charge in [-0.15, -0.1) is 0 Å². The van der Waals surface area contributed by atoms with Crippen LogP contribution < -0.4 is 10.2 Å². The van der Waals surface area contributed by atoms with Crippen LogP contribution in [0.15, 0.2) is 24.3 Å². The zero-order chi connectivity index (χ0) is 13.6. The van der Waals surface area contributed by atoms with E-state index in [0.29, 0.717) is 5.75 Å². The Hall–Kier alpha value is -1.62. The SMILES string of the molecule is CC(C)(C)ONC(=O)CCOc1cccc(F)c1. The number of hydrogen-bond donors (Lipinski definition) is 1. The van der Waals surface area contributed by atoms with E-state index in [2.05, 4.69) is 5.48 Å². The van der Waals surface area contributed by atoms with Crippen molar-refractivity contribution in [2.75, 3.05) is 6.61 Å². The van der Waals surface area contributed by atoms with Crippen molar-refractivity contribution in [3.63, 3.8) is 0 Å². The molecule has 0 radical (unpaired) electrons. The maximum Gasteiger partial charge on any atom is 0.246 e. The summed E-state index contributed by atoms with van der Waals surface area (Å²) in [6.45, 7) is 5.66. The first-order valence-corrected chi connectivity index (χ1v) is 5.72. The van der Waals surface area contributed by atoms with Gasteiger partial charge in [0, 0.05) is 6.07 Å². The second-order valence-corrected chi connectivity index (χ2v) is 4.80. The molecule has 0 aliphatic carbocycles. The Morgan fingerprint density at radius 3 is 2.72 bits per heavy atom. The summed E-state index contributed by atoms with van der Waals surface area (Å²) < 4.78 is 18.1. The first-order valence-electron chi connectivity index (χ1n) is 5.72. The van der Waals surface area contributed by atoms with Crippen molar-refractivity contribution in [2.24, 2.45) is 0 Å². The molecule has 0 saturated carbocycles. The van der Waals surface area contributed by atoms with E-state index in [1.54, 1.807) is 12.1 Å². The minimum atomic E-state index is -0.431. The molecule has 0 aromatic heterocycles. The number of carbonyl (C=O) groups excluding carboxylic acids is 1. The molecular formula is C13H18FNO3. The van der Waals surface area contributed by atoms with Crippen LogP contribution in [0.3, 0.4) is 0 Å². The predicted molar refractivity (Wildman–Crippen MR) is 65.5 cm³/mol. The van der Waals surface area contributed by atoms with Crippen LogP contribution in [0.2, 0.25) is 0 Å². The fourth-order valence-corrected chi connectivity index (χ4v) is 1.08. The van der Waals surface area contributed by atoms with Crippen molar-refractivity contribution >= 4 is 5.91 Å². The van der Waals surface area contributed by atoms with Crippen LogP contribution >= 0.6 is 0 Å². The largest absolute Gasteiger partial charge is 0.493 e. The zero-order valence-corrected chi connectivity index (χ0v) is 10.8. The van der Waals surface area contributed by atoms with Crippen molar-refractivity contribution in [1.82, 2.24) is 5.48 Å². The fourth-order valence-electron chi connectivity index (χ4n) is 1.08. The first-order chi connectivity index (χ1) is 8.37. The standard InChI is InChI=1S/C13H18FNO3/c1-13(2,3)18-15-12(16)7-8-17-11-6-4-5-10(14)9-11/h4-6,9H,7-8H2,1-3H3,(H,15,16). The molecule has 1 amide bonds. The summed E-state index contributed by atoms with van der Waals surface area (Å²) in [6.07, 6.45) is 0.145. The van der Waals surface area contributed by atoms with Gasteiger partial charge < -0.3 is 4.74 Å². The summed E-state index contributed by atoms with van der Waals surface area (Å²) >= 11 is 0. The van der Waals surface area contributed by atoms with Crippen molar-refractivity contribution < 1.29 is 18.8 Å². The molecule has 0 aliphatic rings. The summed E-state index contributed by atoms with van der Waals surface area (Å²) in [5.74, 6) is -0.242. The van der Waals surface area contributed by atoms with Crippen molar-refractivity contribution in [1.29, 1.82) is 0 Å². The zero-order valence-electron chi connectivity index (χ0n) is 10.8. The highest BCUT2D eigenvalue weighted by atomic mass is 19.1. The van der Waals surface area contributed by atoms with Gasteiger partial charge >= 0.3 is 0 Å². The molecule has 5 heteroatoms. The lowest BCUT2D eigenvalue weighted by Gasteiger charge is -2.18. The lowest BCUT2D eigenvalue weighted by Crippen LogP contribution is -2.34. The molecule has 1 rings (SSSR count). The lowest BCUT2D eigenvalue weighted by atomic mass is 10.2. The maximum absolute atomic E-state index is 12.8. The Labute approximate surface area is 106 Å². The molecule has 0 heterocycles. The summed E-state index contributed by atoms with van der Waals surface area (Å²) in [5, 5.41) is 0. The predicted octanol–water partition coefficient (Wildman–Crippen LogP) is 2.44. The lowest BCUT2D eigenvalue weighted by molar-refractivity contribution is -0.146. The van der Waals surface area contributed by atoms with E-state index >= 15 is 0 Å². The number of rotatable bonds is 5. The van der Waals surface area contributed by atoms with Gasteiger partial charge in [0.2, 0.25) is 5.91 Å². The highest BCUT2D eigenvalue weighted by molar-refractivity contribution is 5.74. The van der Waals surface area contributed by atoms with Crippen LogP contribution in [0, 0.1) is 5.82 Å². The molecule has 0 spiro atoms. The maximum atomic E-state index is 12.8. The molecule has 1 aromatic carbocycles. The highest BCUT2D eigenvalue weighted by Gasteiger charge is 2.12. The third kappa shape index (κ3) is 6.20. The molecule has 4 nitrogen and oxygen atoms in total. The van der Waals surface area contributed by atoms with Gasteiger partial charge in [0.1, 0.15) is 11.6 Å². The molecule has 0 fully saturated rings.